The van der Waals surface area contributed by atoms with Crippen molar-refractivity contribution in [2.24, 2.45) is 0 Å². The fourth-order valence-electron chi connectivity index (χ4n) is 4.60. The normalized spacial score (nSPS) is 16.6. The van der Waals surface area contributed by atoms with E-state index in [0.29, 0.717) is 18.1 Å². The van der Waals surface area contributed by atoms with Gasteiger partial charge in [0.2, 0.25) is 11.9 Å². The van der Waals surface area contributed by atoms with Gasteiger partial charge >= 0.3 is 0 Å². The highest BCUT2D eigenvalue weighted by molar-refractivity contribution is 5.56. The second-order valence-electron chi connectivity index (χ2n) is 8.96. The van der Waals surface area contributed by atoms with Crippen molar-refractivity contribution in [3.8, 4) is 11.6 Å². The van der Waals surface area contributed by atoms with Gasteiger partial charge < -0.3 is 15.8 Å². The number of nitrogens with one attached hydrogen (secondary N) is 1. The largest absolute Gasteiger partial charge is 0.489 e. The molecule has 0 radical (unpaired) electrons. The number of anilines is 3. The summed E-state index contributed by atoms with van der Waals surface area (Å²) in [6.45, 7) is 3.46. The summed E-state index contributed by atoms with van der Waals surface area (Å²) in [4.78, 5) is 6.59. The van der Waals surface area contributed by atoms with Gasteiger partial charge in [-0.2, -0.15) is 14.8 Å². The number of hydrogen-bond acceptors (Lipinski definition) is 8. The van der Waals surface area contributed by atoms with Crippen LogP contribution in [0.25, 0.3) is 5.82 Å². The molecule has 0 amide bonds. The molecule has 34 heavy (non-hydrogen) atoms. The minimum atomic E-state index is -0.439. The van der Waals surface area contributed by atoms with Gasteiger partial charge in [0.25, 0.3) is 0 Å². The van der Waals surface area contributed by atoms with Crippen molar-refractivity contribution in [3.05, 3.63) is 41.3 Å². The number of halogens is 1. The third-order valence-corrected chi connectivity index (χ3v) is 6.46. The number of nitrogens with zero attached hydrogens (tertiary/aromatic N) is 6. The predicted molar refractivity (Wildman–Crippen MR) is 128 cm³/mol. The first kappa shape index (κ1) is 22.5. The molecule has 0 unspecified atom stereocenters. The Balaban J connectivity index is 1.25. The molecule has 9 nitrogen and oxygen atoms in total. The van der Waals surface area contributed by atoms with Crippen molar-refractivity contribution in [1.82, 2.24) is 29.9 Å². The number of aryl methyl sites for hydroxylation is 2. The molecule has 3 N–H and O–H groups in total. The third kappa shape index (κ3) is 5.27. The number of nitrogens with two attached hydrogens (primary N) is 1. The molecule has 180 valence electrons. The van der Waals surface area contributed by atoms with Crippen molar-refractivity contribution < 1.29 is 9.13 Å². The van der Waals surface area contributed by atoms with Crippen molar-refractivity contribution in [3.63, 3.8) is 0 Å². The zero-order chi connectivity index (χ0) is 23.3. The van der Waals surface area contributed by atoms with Crippen molar-refractivity contribution in [2.75, 3.05) is 37.3 Å². The van der Waals surface area contributed by atoms with E-state index in [1.165, 1.54) is 42.0 Å². The van der Waals surface area contributed by atoms with Gasteiger partial charge in [0, 0.05) is 18.3 Å². The Morgan fingerprint density at radius 2 is 1.82 bits per heavy atom. The smallest absolute Gasteiger partial charge is 0.248 e. The third-order valence-electron chi connectivity index (χ3n) is 6.46. The van der Waals surface area contributed by atoms with Crippen molar-refractivity contribution >= 4 is 17.6 Å². The number of likely N-dealkylation sites (tertiary alicyclic amines) is 1. The van der Waals surface area contributed by atoms with Crippen molar-refractivity contribution in [1.29, 1.82) is 0 Å². The van der Waals surface area contributed by atoms with E-state index in [1.807, 2.05) is 6.07 Å². The number of fused-ring (bicyclic) bond motifs is 1. The van der Waals surface area contributed by atoms with Crippen LogP contribution in [0.3, 0.4) is 0 Å². The van der Waals surface area contributed by atoms with E-state index in [1.54, 1.807) is 12.1 Å². The highest BCUT2D eigenvalue weighted by atomic mass is 19.1. The van der Waals surface area contributed by atoms with Gasteiger partial charge in [-0.15, -0.1) is 10.2 Å². The van der Waals surface area contributed by atoms with E-state index in [0.717, 1.165) is 51.0 Å². The van der Waals surface area contributed by atoms with Crippen LogP contribution in [0.4, 0.5) is 22.0 Å². The number of rotatable bonds is 7. The van der Waals surface area contributed by atoms with E-state index >= 15 is 0 Å². The molecule has 2 aromatic heterocycles. The minimum Gasteiger partial charge on any atom is -0.489 e. The lowest BCUT2D eigenvalue weighted by Gasteiger charge is -2.15. The molecule has 1 aromatic carbocycles. The molecule has 0 saturated carbocycles. The first-order valence-electron chi connectivity index (χ1n) is 12.2. The molecule has 10 heteroatoms. The first-order valence-corrected chi connectivity index (χ1v) is 12.2. The Bertz CT molecular complexity index is 1130. The molecule has 3 aromatic rings. The first-order chi connectivity index (χ1) is 16.7. The van der Waals surface area contributed by atoms with Crippen LogP contribution < -0.4 is 15.8 Å². The summed E-state index contributed by atoms with van der Waals surface area (Å²) < 4.78 is 21.6. The number of benzene rings is 1. The van der Waals surface area contributed by atoms with Crippen LogP contribution in [-0.2, 0) is 12.8 Å². The lowest BCUT2D eigenvalue weighted by molar-refractivity contribution is 0.231. The highest BCUT2D eigenvalue weighted by Gasteiger charge is 2.16. The maximum absolute atomic E-state index is 14.6. The average Bonchev–Trinajstić information content (AvgIpc) is 3.45. The maximum atomic E-state index is 14.6. The van der Waals surface area contributed by atoms with Gasteiger partial charge in [-0.1, -0.05) is 12.8 Å². The van der Waals surface area contributed by atoms with Gasteiger partial charge in [0.1, 0.15) is 6.61 Å². The maximum Gasteiger partial charge on any atom is 0.248 e. The molecule has 5 rings (SSSR count). The quantitative estimate of drug-likeness (QED) is 0.543. The predicted octanol–water partition coefficient (Wildman–Crippen LogP) is 3.66. The van der Waals surface area contributed by atoms with E-state index in [4.69, 9.17) is 10.5 Å². The van der Waals surface area contributed by atoms with Crippen LogP contribution in [0, 0.1) is 5.82 Å². The van der Waals surface area contributed by atoms with Crippen LogP contribution in [0.15, 0.2) is 24.3 Å². The standard InChI is InChI=1S/C24H31FN8O/c25-19-16-18(9-10-21(19)34-14-13-32-11-5-6-12-32)27-24-28-23(26)33(31-24)22-15-17-7-3-1-2-4-8-20(17)29-30-22/h9-10,15-16H,1-8,11-14H2,(H3,26,27,28,31). The fourth-order valence-corrected chi connectivity index (χ4v) is 4.60. The lowest BCUT2D eigenvalue weighted by atomic mass is 9.98. The molecule has 0 bridgehead atoms. The Morgan fingerprint density at radius 1 is 1.00 bits per heavy atom. The monoisotopic (exact) mass is 466 g/mol. The number of ether oxygens (including phenoxy) is 1. The summed E-state index contributed by atoms with van der Waals surface area (Å²) in [5.41, 5.74) is 8.85. The van der Waals surface area contributed by atoms with Gasteiger partial charge in [0.15, 0.2) is 17.4 Å². The minimum absolute atomic E-state index is 0.185. The molecule has 1 saturated heterocycles. The van der Waals surface area contributed by atoms with Gasteiger partial charge in [-0.05, 0) is 75.4 Å². The van der Waals surface area contributed by atoms with E-state index in [-0.39, 0.29) is 17.6 Å². The molecule has 1 aliphatic carbocycles. The molecule has 3 heterocycles. The molecule has 1 fully saturated rings. The van der Waals surface area contributed by atoms with Gasteiger partial charge in [-0.25, -0.2) is 4.39 Å². The Kier molecular flexibility index (Phi) is 6.84. The Morgan fingerprint density at radius 3 is 2.65 bits per heavy atom. The SMILES string of the molecule is Nc1nc(Nc2ccc(OCCN3CCCC3)c(F)c2)nn1-c1cc2c(nn1)CCCCCC2. The zero-order valence-corrected chi connectivity index (χ0v) is 19.3. The van der Waals surface area contributed by atoms with E-state index in [9.17, 15) is 4.39 Å². The average molecular weight is 467 g/mol. The van der Waals surface area contributed by atoms with Gasteiger partial charge in [-0.3, -0.25) is 4.90 Å². The lowest BCUT2D eigenvalue weighted by Crippen LogP contribution is -2.25. The summed E-state index contributed by atoms with van der Waals surface area (Å²) >= 11 is 0. The highest BCUT2D eigenvalue weighted by Crippen LogP contribution is 2.25. The summed E-state index contributed by atoms with van der Waals surface area (Å²) in [6.07, 6.45) is 9.12. The van der Waals surface area contributed by atoms with Crippen LogP contribution in [0.2, 0.25) is 0 Å². The van der Waals surface area contributed by atoms with Crippen molar-refractivity contribution in [2.45, 2.75) is 51.4 Å². The molecular weight excluding hydrogens is 435 g/mol. The second kappa shape index (κ2) is 10.3. The zero-order valence-electron chi connectivity index (χ0n) is 19.3. The van der Waals surface area contributed by atoms with E-state index < -0.39 is 5.82 Å². The molecular formula is C24H31FN8O. The Hall–Kier alpha value is -3.27. The topological polar surface area (TPSA) is 107 Å². The summed E-state index contributed by atoms with van der Waals surface area (Å²) in [5, 5.41) is 16.2. The molecule has 2 aliphatic rings. The van der Waals surface area contributed by atoms with E-state index in [2.05, 4.69) is 30.5 Å². The fraction of sp³-hybridized carbons (Fsp3) is 0.500. The van der Waals surface area contributed by atoms with Crippen LogP contribution in [0.1, 0.15) is 49.8 Å². The molecule has 0 spiro atoms. The molecule has 0 atom stereocenters. The summed E-state index contributed by atoms with van der Waals surface area (Å²) in [6, 6.07) is 6.71. The van der Waals surface area contributed by atoms with Crippen LogP contribution in [0.5, 0.6) is 5.75 Å². The molecule has 1 aliphatic heterocycles. The van der Waals surface area contributed by atoms with Gasteiger partial charge in [0.05, 0.1) is 5.69 Å². The van der Waals surface area contributed by atoms with Crippen LogP contribution >= 0.6 is 0 Å². The summed E-state index contributed by atoms with van der Waals surface area (Å²) in [5.74, 6) is 0.772. The number of nitrogen functional groups attached to an aromatic ring is 1. The summed E-state index contributed by atoms with van der Waals surface area (Å²) in [7, 11) is 0. The Labute approximate surface area is 198 Å². The van der Waals surface area contributed by atoms with Crippen LogP contribution in [-0.4, -0.2) is 56.1 Å². The number of aromatic nitrogens is 5. The number of hydrogen-bond donors (Lipinski definition) is 2. The second-order valence-corrected chi connectivity index (χ2v) is 8.96.